The highest BCUT2D eigenvalue weighted by molar-refractivity contribution is 8.01. The molecular weight excluding hydrogens is 673 g/mol. The van der Waals surface area contributed by atoms with E-state index in [0.29, 0.717) is 0 Å². The van der Waals surface area contributed by atoms with Crippen molar-refractivity contribution in [1.82, 2.24) is 9.97 Å². The maximum Gasteiger partial charge on any atom is 0.184 e. The van der Waals surface area contributed by atoms with E-state index in [0.717, 1.165) is 22.3 Å². The average molecular weight is 703 g/mol. The molecule has 0 fully saturated rings. The second kappa shape index (κ2) is 12.4. The SMILES string of the molecule is c1ccc([Si]23c4ccccc4Sc4ccc(-c5cccc(-c6cc(-c7ccncc7)cc(-c7ccncc7)c6)c5)c(c42)Sc2ccccc23)cc1. The molecule has 0 bridgehead atoms. The summed E-state index contributed by atoms with van der Waals surface area (Å²) in [7, 11) is -2.64. The fourth-order valence-corrected chi connectivity index (χ4v) is 17.4. The predicted octanol–water partition coefficient (Wildman–Crippen LogP) is 9.45. The van der Waals surface area contributed by atoms with Crippen LogP contribution in [-0.4, -0.2) is 18.0 Å². The van der Waals surface area contributed by atoms with Gasteiger partial charge in [0, 0.05) is 44.4 Å². The van der Waals surface area contributed by atoms with Gasteiger partial charge in [0.05, 0.1) is 0 Å². The lowest BCUT2D eigenvalue weighted by Crippen LogP contribution is -2.78. The minimum Gasteiger partial charge on any atom is -0.265 e. The molecule has 51 heavy (non-hydrogen) atoms. The molecule has 6 aromatic carbocycles. The van der Waals surface area contributed by atoms with Gasteiger partial charge in [-0.05, 0) is 132 Å². The van der Waals surface area contributed by atoms with Crippen molar-refractivity contribution in [2.24, 2.45) is 0 Å². The molecule has 2 nitrogen and oxygen atoms in total. The summed E-state index contributed by atoms with van der Waals surface area (Å²) in [6.07, 6.45) is 7.45. The van der Waals surface area contributed by atoms with Crippen molar-refractivity contribution >= 4 is 52.3 Å². The van der Waals surface area contributed by atoms with Gasteiger partial charge in [-0.2, -0.15) is 0 Å². The van der Waals surface area contributed by atoms with Crippen LogP contribution in [0.25, 0.3) is 44.5 Å². The van der Waals surface area contributed by atoms with Crippen molar-refractivity contribution in [2.45, 2.75) is 19.6 Å². The zero-order chi connectivity index (χ0) is 33.8. The molecule has 5 heteroatoms. The van der Waals surface area contributed by atoms with Crippen LogP contribution in [0.1, 0.15) is 0 Å². The van der Waals surface area contributed by atoms with Gasteiger partial charge in [-0.1, -0.05) is 115 Å². The normalized spacial score (nSPS) is 15.4. The molecule has 240 valence electrons. The summed E-state index contributed by atoms with van der Waals surface area (Å²) in [5.41, 5.74) is 9.52. The highest BCUT2D eigenvalue weighted by Crippen LogP contribution is 2.46. The fourth-order valence-electron chi connectivity index (χ4n) is 7.94. The molecule has 1 atom stereocenters. The number of hydrogen-bond donors (Lipinski definition) is 0. The van der Waals surface area contributed by atoms with Gasteiger partial charge in [0.15, 0.2) is 8.07 Å². The summed E-state index contributed by atoms with van der Waals surface area (Å²) < 4.78 is 0. The largest absolute Gasteiger partial charge is 0.265 e. The van der Waals surface area contributed by atoms with E-state index in [4.69, 9.17) is 0 Å². The Hall–Kier alpha value is -5.46. The molecular formula is C46H30N2S2Si. The smallest absolute Gasteiger partial charge is 0.184 e. The summed E-state index contributed by atoms with van der Waals surface area (Å²) in [5, 5.41) is 5.95. The van der Waals surface area contributed by atoms with Crippen molar-refractivity contribution in [3.8, 4) is 44.5 Å². The van der Waals surface area contributed by atoms with Crippen LogP contribution in [0, 0.1) is 0 Å². The first-order chi connectivity index (χ1) is 25.3. The van der Waals surface area contributed by atoms with Gasteiger partial charge in [0.1, 0.15) is 0 Å². The molecule has 2 aliphatic heterocycles. The maximum atomic E-state index is 4.28. The fraction of sp³-hybridized carbons (Fsp3) is 0. The lowest BCUT2D eigenvalue weighted by molar-refractivity contribution is 1.32. The molecule has 0 radical (unpaired) electrons. The molecule has 0 saturated carbocycles. The Morgan fingerprint density at radius 1 is 0.373 bits per heavy atom. The minimum absolute atomic E-state index is 1.15. The molecule has 4 heterocycles. The number of benzene rings is 6. The average Bonchev–Trinajstić information content (AvgIpc) is 3.21. The Morgan fingerprint density at radius 3 is 1.55 bits per heavy atom. The zero-order valence-corrected chi connectivity index (χ0v) is 30.2. The number of hydrogen-bond acceptors (Lipinski definition) is 4. The zero-order valence-electron chi connectivity index (χ0n) is 27.5. The molecule has 2 aliphatic rings. The quantitative estimate of drug-likeness (QED) is 0.167. The Balaban J connectivity index is 1.19. The van der Waals surface area contributed by atoms with Crippen molar-refractivity contribution < 1.29 is 0 Å². The van der Waals surface area contributed by atoms with Crippen LogP contribution in [0.5, 0.6) is 0 Å². The highest BCUT2D eigenvalue weighted by atomic mass is 32.2. The maximum absolute atomic E-state index is 4.28. The Labute approximate surface area is 307 Å². The lowest BCUT2D eigenvalue weighted by atomic mass is 9.92. The van der Waals surface area contributed by atoms with Gasteiger partial charge >= 0.3 is 0 Å². The van der Waals surface area contributed by atoms with Crippen LogP contribution < -0.4 is 20.7 Å². The molecule has 0 amide bonds. The third-order valence-corrected chi connectivity index (χ3v) is 18.2. The van der Waals surface area contributed by atoms with Crippen LogP contribution in [0.15, 0.2) is 202 Å². The van der Waals surface area contributed by atoms with E-state index >= 15 is 0 Å². The van der Waals surface area contributed by atoms with Gasteiger partial charge < -0.3 is 0 Å². The third-order valence-electron chi connectivity index (χ3n) is 10.2. The van der Waals surface area contributed by atoms with Gasteiger partial charge in [-0.25, -0.2) is 0 Å². The molecule has 0 aliphatic carbocycles. The second-order valence-corrected chi connectivity index (χ2v) is 18.8. The van der Waals surface area contributed by atoms with E-state index in [1.54, 1.807) is 0 Å². The summed E-state index contributed by atoms with van der Waals surface area (Å²) in [4.78, 5) is 14.1. The van der Waals surface area contributed by atoms with Crippen molar-refractivity contribution in [3.05, 3.63) is 183 Å². The van der Waals surface area contributed by atoms with E-state index in [-0.39, 0.29) is 0 Å². The van der Waals surface area contributed by atoms with E-state index < -0.39 is 8.07 Å². The first-order valence-corrected chi connectivity index (χ1v) is 20.7. The molecule has 0 N–H and O–H groups in total. The molecule has 1 unspecified atom stereocenters. The first kappa shape index (κ1) is 30.4. The second-order valence-electron chi connectivity index (χ2n) is 13.0. The monoisotopic (exact) mass is 702 g/mol. The molecule has 8 aromatic rings. The van der Waals surface area contributed by atoms with Crippen LogP contribution in [0.2, 0.25) is 0 Å². The van der Waals surface area contributed by atoms with Gasteiger partial charge in [0.25, 0.3) is 0 Å². The number of rotatable bonds is 5. The van der Waals surface area contributed by atoms with E-state index in [1.807, 2.05) is 48.3 Å². The minimum atomic E-state index is -2.64. The van der Waals surface area contributed by atoms with E-state index in [9.17, 15) is 0 Å². The summed E-state index contributed by atoms with van der Waals surface area (Å²) in [6, 6.07) is 58.8. The molecule has 0 saturated heterocycles. The number of nitrogens with zero attached hydrogens (tertiary/aromatic N) is 2. The Morgan fingerprint density at radius 2 is 0.902 bits per heavy atom. The van der Waals surface area contributed by atoms with Crippen molar-refractivity contribution in [3.63, 3.8) is 0 Å². The van der Waals surface area contributed by atoms with E-state index in [2.05, 4.69) is 168 Å². The standard InChI is InChI=1S/C46H30N2S2Si/c1-2-11-38(12-3-1)51-43-15-6-4-13-40(43)49-42-18-17-39(45(46(42)51)50-41-14-5-7-16-44(41)51)34-10-8-9-33(27-34)37-29-35(31-19-23-47-24-20-31)28-36(30-37)32-21-25-48-26-22-32/h1-30H. The third kappa shape index (κ3) is 4.95. The van der Waals surface area contributed by atoms with E-state index in [1.165, 1.54) is 62.6 Å². The summed E-state index contributed by atoms with van der Waals surface area (Å²) in [5.74, 6) is 0. The molecule has 2 aromatic heterocycles. The Kier molecular flexibility index (Phi) is 7.38. The topological polar surface area (TPSA) is 25.8 Å². The van der Waals surface area contributed by atoms with Crippen LogP contribution in [-0.2, 0) is 0 Å². The van der Waals surface area contributed by atoms with Gasteiger partial charge in [0.2, 0.25) is 0 Å². The van der Waals surface area contributed by atoms with Crippen LogP contribution in [0.4, 0.5) is 0 Å². The van der Waals surface area contributed by atoms with Crippen molar-refractivity contribution in [2.75, 3.05) is 0 Å². The van der Waals surface area contributed by atoms with Crippen LogP contribution in [0.3, 0.4) is 0 Å². The predicted molar refractivity (Wildman–Crippen MR) is 216 cm³/mol. The molecule has 0 spiro atoms. The number of fused-ring (bicyclic) bond motifs is 4. The Bertz CT molecular complexity index is 2520. The lowest BCUT2D eigenvalue weighted by Gasteiger charge is -2.44. The molecule has 10 rings (SSSR count). The van der Waals surface area contributed by atoms with Crippen LogP contribution >= 0.6 is 23.5 Å². The number of pyridine rings is 2. The van der Waals surface area contributed by atoms with Gasteiger partial charge in [-0.15, -0.1) is 0 Å². The van der Waals surface area contributed by atoms with Crippen molar-refractivity contribution in [1.29, 1.82) is 0 Å². The summed E-state index contributed by atoms with van der Waals surface area (Å²) in [6.45, 7) is 0. The highest BCUT2D eigenvalue weighted by Gasteiger charge is 2.51. The summed E-state index contributed by atoms with van der Waals surface area (Å²) >= 11 is 3.88. The first-order valence-electron chi connectivity index (χ1n) is 17.1. The number of aromatic nitrogens is 2. The van der Waals surface area contributed by atoms with Gasteiger partial charge in [-0.3, -0.25) is 9.97 Å².